The molecule has 5 aromatic rings. The summed E-state index contributed by atoms with van der Waals surface area (Å²) in [6.45, 7) is 0. The smallest absolute Gasteiger partial charge is 0.744 e. The summed E-state index contributed by atoms with van der Waals surface area (Å²) in [6.07, 6.45) is 9.61. The quantitative estimate of drug-likeness (QED) is 0.184. The molecule has 3 nitrogen and oxygen atoms in total. The number of hydrogen-bond acceptors (Lipinski definition) is 3. The molecule has 0 amide bonds. The van der Waals surface area contributed by atoms with E-state index in [0.29, 0.717) is 0 Å². The van der Waals surface area contributed by atoms with Crippen LogP contribution in [0.25, 0.3) is 37.9 Å². The van der Waals surface area contributed by atoms with Crippen LogP contribution in [0.3, 0.4) is 0 Å². The zero-order chi connectivity index (χ0) is 24.7. The van der Waals surface area contributed by atoms with Crippen molar-refractivity contribution < 1.29 is 42.5 Å². The van der Waals surface area contributed by atoms with E-state index in [0.717, 1.165) is 21.5 Å². The maximum absolute atomic E-state index is 11.1. The number of hydrogen-bond donors (Lipinski definition) is 0. The first-order valence-electron chi connectivity index (χ1n) is 12.3. The minimum absolute atomic E-state index is 0. The molecule has 0 saturated carbocycles. The summed E-state index contributed by atoms with van der Waals surface area (Å²) < 4.78 is 33.2. The van der Waals surface area contributed by atoms with Crippen molar-refractivity contribution in [2.24, 2.45) is 0 Å². The molecule has 0 heterocycles. The zero-order valence-corrected chi connectivity index (χ0v) is 23.6. The molecular formula is C32H25NaO3S. The Hall–Kier alpha value is -2.73. The predicted molar refractivity (Wildman–Crippen MR) is 147 cm³/mol. The average molecular weight is 513 g/mol. The molecule has 2 aliphatic carbocycles. The van der Waals surface area contributed by atoms with Crippen molar-refractivity contribution in [3.05, 3.63) is 120 Å². The van der Waals surface area contributed by atoms with Crippen LogP contribution in [0.1, 0.15) is 30.4 Å². The topological polar surface area (TPSA) is 57.2 Å². The molecule has 2 aliphatic rings. The molecule has 5 aromatic carbocycles. The Morgan fingerprint density at radius 2 is 1.27 bits per heavy atom. The second kappa shape index (κ2) is 10.6. The van der Waals surface area contributed by atoms with E-state index in [-0.39, 0.29) is 34.5 Å². The maximum Gasteiger partial charge on any atom is 1.00 e. The molecule has 5 heteroatoms. The van der Waals surface area contributed by atoms with Crippen molar-refractivity contribution in [2.75, 3.05) is 0 Å². The first kappa shape index (κ1) is 25.9. The number of fused-ring (bicyclic) bond motifs is 7. The second-order valence-corrected chi connectivity index (χ2v) is 10.8. The van der Waals surface area contributed by atoms with E-state index in [1.165, 1.54) is 59.7 Å². The van der Waals surface area contributed by atoms with Crippen molar-refractivity contribution >= 4 is 48.0 Å². The number of benzene rings is 5. The van der Waals surface area contributed by atoms with Gasteiger partial charge >= 0.3 is 29.6 Å². The Kier molecular flexibility index (Phi) is 7.39. The van der Waals surface area contributed by atoms with Gasteiger partial charge in [-0.3, -0.25) is 0 Å². The van der Waals surface area contributed by atoms with Crippen LogP contribution >= 0.6 is 0 Å². The van der Waals surface area contributed by atoms with Crippen molar-refractivity contribution in [3.63, 3.8) is 0 Å². The van der Waals surface area contributed by atoms with Crippen molar-refractivity contribution in [3.8, 4) is 0 Å². The first-order chi connectivity index (χ1) is 17.5. The van der Waals surface area contributed by atoms with Crippen LogP contribution in [0.5, 0.6) is 0 Å². The molecule has 0 fully saturated rings. The van der Waals surface area contributed by atoms with E-state index in [2.05, 4.69) is 48.6 Å². The fourth-order valence-corrected chi connectivity index (χ4v) is 6.02. The Morgan fingerprint density at radius 1 is 0.649 bits per heavy atom. The minimum Gasteiger partial charge on any atom is -0.744 e. The van der Waals surface area contributed by atoms with Gasteiger partial charge in [-0.05, 0) is 86.8 Å². The van der Waals surface area contributed by atoms with Gasteiger partial charge in [-0.25, -0.2) is 8.42 Å². The van der Waals surface area contributed by atoms with Crippen LogP contribution in [-0.2, 0) is 16.5 Å². The van der Waals surface area contributed by atoms with Crippen molar-refractivity contribution in [1.29, 1.82) is 0 Å². The largest absolute Gasteiger partial charge is 1.00 e. The first-order valence-corrected chi connectivity index (χ1v) is 13.7. The summed E-state index contributed by atoms with van der Waals surface area (Å²) in [6, 6.07) is 29.4. The molecule has 0 unspecified atom stereocenters. The molecule has 37 heavy (non-hydrogen) atoms. The van der Waals surface area contributed by atoms with Gasteiger partial charge in [-0.1, -0.05) is 96.6 Å². The zero-order valence-electron chi connectivity index (χ0n) is 20.8. The van der Waals surface area contributed by atoms with Crippen LogP contribution in [-0.4, -0.2) is 13.0 Å². The second-order valence-electron chi connectivity index (χ2n) is 9.39. The molecule has 0 N–H and O–H groups in total. The van der Waals surface area contributed by atoms with Gasteiger partial charge in [0.15, 0.2) is 0 Å². The van der Waals surface area contributed by atoms with Gasteiger partial charge in [-0.2, -0.15) is 0 Å². The molecule has 0 saturated heterocycles. The molecule has 0 aliphatic heterocycles. The average Bonchev–Trinajstić information content (AvgIpc) is 2.92. The molecule has 0 aromatic heterocycles. The standard InChI is InChI=1S/C18H16.C14H10O3S.Na/c1-3-7-15-13(5-1)9-11-18-16-8-4-2-6-14(16)10-12-17(15)18;15-18(16,17)12-8-7-11-6-5-10-3-1-2-4-13(10)14(11)9-12;/h1,3-5,7-9,11H,2,6,10,12H2;1-9H,(H,15,16,17);/q;;+1/p-1. The summed E-state index contributed by atoms with van der Waals surface area (Å²) >= 11 is 0. The third-order valence-electron chi connectivity index (χ3n) is 7.29. The maximum atomic E-state index is 11.1. The summed E-state index contributed by atoms with van der Waals surface area (Å²) in [7, 11) is -4.41. The molecule has 0 bridgehead atoms. The molecule has 7 rings (SSSR count). The minimum atomic E-state index is -4.41. The monoisotopic (exact) mass is 512 g/mol. The summed E-state index contributed by atoms with van der Waals surface area (Å²) in [5, 5.41) is 6.48. The van der Waals surface area contributed by atoms with Gasteiger partial charge in [-0.15, -0.1) is 0 Å². The Bertz CT molecular complexity index is 1820. The number of aryl methyl sites for hydroxylation is 1. The third-order valence-corrected chi connectivity index (χ3v) is 8.12. The van der Waals surface area contributed by atoms with Crippen LogP contribution in [0.4, 0.5) is 0 Å². The Labute approximate surface area is 239 Å². The van der Waals surface area contributed by atoms with Crippen LogP contribution in [0.2, 0.25) is 0 Å². The summed E-state index contributed by atoms with van der Waals surface area (Å²) in [5.41, 5.74) is 6.21. The SMILES string of the molecule is C1=CC2=C(CC1)CCc1c2ccc2ccccc12.O=S(=O)([O-])c1ccc2ccc3ccccc3c2c1.[Na+]. The van der Waals surface area contributed by atoms with E-state index < -0.39 is 10.1 Å². The molecule has 0 atom stereocenters. The van der Waals surface area contributed by atoms with Gasteiger partial charge < -0.3 is 4.55 Å². The predicted octanol–water partition coefficient (Wildman–Crippen LogP) is 4.79. The van der Waals surface area contributed by atoms with Gasteiger partial charge in [0, 0.05) is 0 Å². The van der Waals surface area contributed by atoms with Crippen LogP contribution in [0.15, 0.2) is 114 Å². The van der Waals surface area contributed by atoms with E-state index in [4.69, 9.17) is 0 Å². The van der Waals surface area contributed by atoms with Gasteiger partial charge in [0.05, 0.1) is 4.90 Å². The molecule has 178 valence electrons. The van der Waals surface area contributed by atoms with E-state index >= 15 is 0 Å². The van der Waals surface area contributed by atoms with E-state index in [9.17, 15) is 13.0 Å². The third kappa shape index (κ3) is 5.05. The van der Waals surface area contributed by atoms with Gasteiger partial charge in [0.2, 0.25) is 0 Å². The summed E-state index contributed by atoms with van der Waals surface area (Å²) in [5.74, 6) is 0. The van der Waals surface area contributed by atoms with Crippen LogP contribution in [0, 0.1) is 0 Å². The molecule has 0 radical (unpaired) electrons. The number of allylic oxidation sites excluding steroid dienone is 4. The Morgan fingerprint density at radius 3 is 2.03 bits per heavy atom. The van der Waals surface area contributed by atoms with Crippen molar-refractivity contribution in [1.82, 2.24) is 0 Å². The van der Waals surface area contributed by atoms with E-state index in [1.54, 1.807) is 17.2 Å². The normalized spacial score (nSPS) is 14.5. The van der Waals surface area contributed by atoms with Crippen molar-refractivity contribution in [2.45, 2.75) is 30.6 Å². The molecule has 0 spiro atoms. The molecular weight excluding hydrogens is 487 g/mol. The van der Waals surface area contributed by atoms with Gasteiger partial charge in [0.1, 0.15) is 10.1 Å². The van der Waals surface area contributed by atoms with Crippen LogP contribution < -0.4 is 29.6 Å². The Balaban J connectivity index is 0.000000147. The van der Waals surface area contributed by atoms with E-state index in [1.807, 2.05) is 36.4 Å². The number of rotatable bonds is 1. The van der Waals surface area contributed by atoms with Gasteiger partial charge in [0.25, 0.3) is 0 Å². The fraction of sp³-hybridized carbons (Fsp3) is 0.125. The fourth-order valence-electron chi connectivity index (χ4n) is 5.52. The summed E-state index contributed by atoms with van der Waals surface area (Å²) in [4.78, 5) is -0.189.